The van der Waals surface area contributed by atoms with Gasteiger partial charge in [-0.25, -0.2) is 9.37 Å². The van der Waals surface area contributed by atoms with Crippen LogP contribution in [0, 0.1) is 5.82 Å². The largest absolute Gasteiger partial charge is 0.342 e. The van der Waals surface area contributed by atoms with Crippen LogP contribution in [0.4, 0.5) is 4.39 Å². The van der Waals surface area contributed by atoms with Crippen LogP contribution in [0.2, 0.25) is 0 Å². The Morgan fingerprint density at radius 1 is 1.55 bits per heavy atom. The first kappa shape index (κ1) is 14.2. The molecule has 1 atom stereocenters. The Labute approximate surface area is 116 Å². The van der Waals surface area contributed by atoms with E-state index in [1.807, 2.05) is 7.05 Å². The predicted octanol–water partition coefficient (Wildman–Crippen LogP) is 1.11. The molecule has 5 nitrogen and oxygen atoms in total. The number of rotatable bonds is 5. The van der Waals surface area contributed by atoms with E-state index in [-0.39, 0.29) is 24.7 Å². The number of nitrogens with zero attached hydrogens (tertiary/aromatic N) is 2. The average Bonchev–Trinajstić information content (AvgIpc) is 2.82. The van der Waals surface area contributed by atoms with Crippen molar-refractivity contribution in [3.63, 3.8) is 0 Å². The van der Waals surface area contributed by atoms with Crippen molar-refractivity contribution in [1.29, 1.82) is 0 Å². The molecule has 0 aliphatic carbocycles. The first-order valence-electron chi connectivity index (χ1n) is 6.34. The third-order valence-electron chi connectivity index (χ3n) is 2.98. The fourth-order valence-electron chi connectivity index (χ4n) is 2.00. The maximum absolute atomic E-state index is 13.4. The average molecular weight is 276 g/mol. The molecule has 0 saturated carbocycles. The number of amides is 1. The Kier molecular flexibility index (Phi) is 4.47. The number of nitrogens with two attached hydrogens (primary N) is 1. The van der Waals surface area contributed by atoms with E-state index >= 15 is 0 Å². The molecule has 1 aromatic heterocycles. The van der Waals surface area contributed by atoms with Crippen LogP contribution in [0.3, 0.4) is 0 Å². The number of hydrogen-bond acceptors (Lipinski definition) is 3. The third kappa shape index (κ3) is 3.21. The molecule has 0 radical (unpaired) electrons. The number of halogens is 1. The lowest BCUT2D eigenvalue weighted by molar-refractivity contribution is -0.121. The van der Waals surface area contributed by atoms with E-state index in [1.54, 1.807) is 29.1 Å². The normalized spacial score (nSPS) is 12.2. The molecule has 0 saturated heterocycles. The lowest BCUT2D eigenvalue weighted by Gasteiger charge is -2.19. The van der Waals surface area contributed by atoms with E-state index in [1.165, 1.54) is 12.1 Å². The topological polar surface area (TPSA) is 72.9 Å². The van der Waals surface area contributed by atoms with Gasteiger partial charge in [0, 0.05) is 32.4 Å². The molecule has 106 valence electrons. The number of hydrogen-bond donors (Lipinski definition) is 2. The molecule has 0 aliphatic heterocycles. The zero-order valence-corrected chi connectivity index (χ0v) is 11.2. The number of aryl methyl sites for hydroxylation is 1. The van der Waals surface area contributed by atoms with Gasteiger partial charge in [0.1, 0.15) is 17.7 Å². The van der Waals surface area contributed by atoms with Crippen molar-refractivity contribution in [2.24, 2.45) is 12.8 Å². The van der Waals surface area contributed by atoms with Crippen molar-refractivity contribution >= 4 is 5.91 Å². The molecule has 1 amide bonds. The maximum atomic E-state index is 13.4. The Balaban J connectivity index is 2.34. The van der Waals surface area contributed by atoms with Gasteiger partial charge in [0.15, 0.2) is 0 Å². The van der Waals surface area contributed by atoms with E-state index < -0.39 is 6.04 Å². The number of aromatic nitrogens is 2. The standard InChI is InChI=1S/C14H17FN4O/c1-19-8-7-17-14(19)13(18-12(20)5-6-16)10-3-2-4-11(15)9-10/h2-4,7-9,13H,5-6,16H2,1H3,(H,18,20). The van der Waals surface area contributed by atoms with Gasteiger partial charge in [-0.3, -0.25) is 4.79 Å². The molecular weight excluding hydrogens is 259 g/mol. The highest BCUT2D eigenvalue weighted by Gasteiger charge is 2.20. The summed E-state index contributed by atoms with van der Waals surface area (Å²) in [5, 5.41) is 2.84. The Morgan fingerprint density at radius 2 is 2.35 bits per heavy atom. The van der Waals surface area contributed by atoms with Crippen molar-refractivity contribution < 1.29 is 9.18 Å². The van der Waals surface area contributed by atoms with Gasteiger partial charge in [0.05, 0.1) is 0 Å². The molecule has 0 fully saturated rings. The molecule has 0 spiro atoms. The molecule has 1 unspecified atom stereocenters. The van der Waals surface area contributed by atoms with Gasteiger partial charge in [-0.2, -0.15) is 0 Å². The van der Waals surface area contributed by atoms with Gasteiger partial charge < -0.3 is 15.6 Å². The summed E-state index contributed by atoms with van der Waals surface area (Å²) < 4.78 is 15.2. The SMILES string of the molecule is Cn1ccnc1C(NC(=O)CCN)c1cccc(F)c1. The Hall–Kier alpha value is -2.21. The number of imidazole rings is 1. The molecule has 1 heterocycles. The maximum Gasteiger partial charge on any atom is 0.222 e. The van der Waals surface area contributed by atoms with Crippen LogP contribution in [0.1, 0.15) is 23.9 Å². The van der Waals surface area contributed by atoms with Crippen molar-refractivity contribution in [2.75, 3.05) is 6.54 Å². The van der Waals surface area contributed by atoms with Crippen LogP contribution in [0.5, 0.6) is 0 Å². The summed E-state index contributed by atoms with van der Waals surface area (Å²) in [6, 6.07) is 5.62. The summed E-state index contributed by atoms with van der Waals surface area (Å²) in [7, 11) is 1.82. The molecule has 20 heavy (non-hydrogen) atoms. The summed E-state index contributed by atoms with van der Waals surface area (Å²) >= 11 is 0. The van der Waals surface area contributed by atoms with Crippen LogP contribution < -0.4 is 11.1 Å². The molecule has 2 rings (SSSR count). The second-order valence-electron chi connectivity index (χ2n) is 4.49. The fraction of sp³-hybridized carbons (Fsp3) is 0.286. The third-order valence-corrected chi connectivity index (χ3v) is 2.98. The van der Waals surface area contributed by atoms with Gasteiger partial charge in [-0.05, 0) is 17.7 Å². The molecule has 1 aromatic carbocycles. The van der Waals surface area contributed by atoms with Gasteiger partial charge in [-0.1, -0.05) is 12.1 Å². The van der Waals surface area contributed by atoms with Crippen molar-refractivity contribution in [2.45, 2.75) is 12.5 Å². The quantitative estimate of drug-likeness (QED) is 0.859. The molecular formula is C14H17FN4O. The van der Waals surface area contributed by atoms with Crippen molar-refractivity contribution in [1.82, 2.24) is 14.9 Å². The molecule has 2 aromatic rings. The first-order chi connectivity index (χ1) is 9.61. The second kappa shape index (κ2) is 6.29. The summed E-state index contributed by atoms with van der Waals surface area (Å²) in [6.07, 6.45) is 3.63. The summed E-state index contributed by atoms with van der Waals surface area (Å²) in [4.78, 5) is 16.0. The van der Waals surface area contributed by atoms with Crippen molar-refractivity contribution in [3.05, 3.63) is 53.9 Å². The fourth-order valence-corrected chi connectivity index (χ4v) is 2.00. The van der Waals surface area contributed by atoms with Gasteiger partial charge in [0.2, 0.25) is 5.91 Å². The zero-order valence-electron chi connectivity index (χ0n) is 11.2. The molecule has 3 N–H and O–H groups in total. The van der Waals surface area contributed by atoms with Crippen molar-refractivity contribution in [3.8, 4) is 0 Å². The number of benzene rings is 1. The van der Waals surface area contributed by atoms with Crippen LogP contribution in [-0.4, -0.2) is 22.0 Å². The van der Waals surface area contributed by atoms with Crippen LogP contribution in [-0.2, 0) is 11.8 Å². The van der Waals surface area contributed by atoms with E-state index in [9.17, 15) is 9.18 Å². The highest BCUT2D eigenvalue weighted by atomic mass is 19.1. The number of nitrogens with one attached hydrogen (secondary N) is 1. The van der Waals surface area contributed by atoms with E-state index in [0.29, 0.717) is 11.4 Å². The van der Waals surface area contributed by atoms with Crippen LogP contribution in [0.25, 0.3) is 0 Å². The summed E-state index contributed by atoms with van der Waals surface area (Å²) in [6.45, 7) is 0.266. The number of carbonyl (C=O) groups is 1. The predicted molar refractivity (Wildman–Crippen MR) is 73.3 cm³/mol. The van der Waals surface area contributed by atoms with Gasteiger partial charge in [0.25, 0.3) is 0 Å². The first-order valence-corrected chi connectivity index (χ1v) is 6.34. The van der Waals surface area contributed by atoms with E-state index in [4.69, 9.17) is 5.73 Å². The monoisotopic (exact) mass is 276 g/mol. The smallest absolute Gasteiger partial charge is 0.222 e. The highest BCUT2D eigenvalue weighted by Crippen LogP contribution is 2.21. The zero-order chi connectivity index (χ0) is 14.5. The van der Waals surface area contributed by atoms with Crippen LogP contribution >= 0.6 is 0 Å². The summed E-state index contributed by atoms with van der Waals surface area (Å²) in [5.41, 5.74) is 6.02. The van der Waals surface area contributed by atoms with E-state index in [2.05, 4.69) is 10.3 Å². The lowest BCUT2D eigenvalue weighted by atomic mass is 10.1. The second-order valence-corrected chi connectivity index (χ2v) is 4.49. The minimum Gasteiger partial charge on any atom is -0.342 e. The lowest BCUT2D eigenvalue weighted by Crippen LogP contribution is -2.32. The van der Waals surface area contributed by atoms with E-state index in [0.717, 1.165) is 0 Å². The minimum absolute atomic E-state index is 0.190. The van der Waals surface area contributed by atoms with Gasteiger partial charge >= 0.3 is 0 Å². The molecule has 0 bridgehead atoms. The van der Waals surface area contributed by atoms with Crippen LogP contribution in [0.15, 0.2) is 36.7 Å². The Morgan fingerprint density at radius 3 is 2.95 bits per heavy atom. The molecule has 6 heteroatoms. The summed E-state index contributed by atoms with van der Waals surface area (Å²) in [5.74, 6) is 0.0977. The Bertz CT molecular complexity index is 596. The number of carbonyl (C=O) groups excluding carboxylic acids is 1. The minimum atomic E-state index is -0.496. The van der Waals surface area contributed by atoms with Gasteiger partial charge in [-0.15, -0.1) is 0 Å². The molecule has 0 aliphatic rings. The highest BCUT2D eigenvalue weighted by molar-refractivity contribution is 5.77.